The first-order valence-corrected chi connectivity index (χ1v) is 8.77. The van der Waals surface area contributed by atoms with Gasteiger partial charge in [0, 0.05) is 37.1 Å². The predicted octanol–water partition coefficient (Wildman–Crippen LogP) is 3.55. The van der Waals surface area contributed by atoms with Crippen molar-refractivity contribution in [1.82, 2.24) is 10.2 Å². The summed E-state index contributed by atoms with van der Waals surface area (Å²) < 4.78 is 0. The number of benzene rings is 2. The fourth-order valence-electron chi connectivity index (χ4n) is 2.55. The molecule has 132 valence electrons. The molecule has 0 saturated carbocycles. The molecular formula is C20H23ClN2O2. The topological polar surface area (TPSA) is 49.4 Å². The zero-order valence-electron chi connectivity index (χ0n) is 14.4. The molecule has 5 heteroatoms. The summed E-state index contributed by atoms with van der Waals surface area (Å²) in [6.45, 7) is 3.17. The van der Waals surface area contributed by atoms with Gasteiger partial charge >= 0.3 is 0 Å². The van der Waals surface area contributed by atoms with Gasteiger partial charge in [-0.1, -0.05) is 41.9 Å². The summed E-state index contributed by atoms with van der Waals surface area (Å²) >= 11 is 5.81. The lowest BCUT2D eigenvalue weighted by molar-refractivity contribution is -0.128. The van der Waals surface area contributed by atoms with Crippen molar-refractivity contribution in [2.24, 2.45) is 0 Å². The highest BCUT2D eigenvalue weighted by Crippen LogP contribution is 2.09. The number of rotatable bonds is 8. The molecule has 0 atom stereocenters. The second-order valence-electron chi connectivity index (χ2n) is 5.86. The normalized spacial score (nSPS) is 10.3. The van der Waals surface area contributed by atoms with Gasteiger partial charge in [0.1, 0.15) is 0 Å². The van der Waals surface area contributed by atoms with Crippen LogP contribution in [0.2, 0.25) is 5.02 Å². The minimum atomic E-state index is -0.163. The van der Waals surface area contributed by atoms with E-state index in [-0.39, 0.29) is 11.8 Å². The maximum absolute atomic E-state index is 12.0. The summed E-state index contributed by atoms with van der Waals surface area (Å²) in [6, 6.07) is 16.9. The molecule has 0 unspecified atom stereocenters. The number of hydrogen-bond donors (Lipinski definition) is 1. The van der Waals surface area contributed by atoms with E-state index in [1.807, 2.05) is 18.2 Å². The van der Waals surface area contributed by atoms with Crippen molar-refractivity contribution in [3.63, 3.8) is 0 Å². The Labute approximate surface area is 153 Å². The number of halogens is 1. The molecule has 0 bridgehead atoms. The van der Waals surface area contributed by atoms with Gasteiger partial charge in [-0.25, -0.2) is 0 Å². The van der Waals surface area contributed by atoms with E-state index in [1.165, 1.54) is 5.56 Å². The van der Waals surface area contributed by atoms with Gasteiger partial charge in [-0.15, -0.1) is 0 Å². The molecule has 0 fully saturated rings. The van der Waals surface area contributed by atoms with Gasteiger partial charge in [-0.05, 0) is 42.7 Å². The molecule has 0 aliphatic rings. The molecule has 4 nitrogen and oxygen atoms in total. The third-order valence-electron chi connectivity index (χ3n) is 3.96. The van der Waals surface area contributed by atoms with Gasteiger partial charge in [0.15, 0.2) is 0 Å². The summed E-state index contributed by atoms with van der Waals surface area (Å²) in [4.78, 5) is 25.6. The van der Waals surface area contributed by atoms with Crippen molar-refractivity contribution in [1.29, 1.82) is 0 Å². The zero-order valence-corrected chi connectivity index (χ0v) is 15.1. The molecule has 2 aromatic carbocycles. The maximum atomic E-state index is 12.0. The van der Waals surface area contributed by atoms with Crippen LogP contribution in [-0.2, 0) is 11.2 Å². The van der Waals surface area contributed by atoms with Crippen LogP contribution in [0.15, 0.2) is 54.6 Å². The summed E-state index contributed by atoms with van der Waals surface area (Å²) in [5.41, 5.74) is 1.82. The van der Waals surface area contributed by atoms with Crippen LogP contribution >= 0.6 is 11.6 Å². The quantitative estimate of drug-likeness (QED) is 0.784. The highest BCUT2D eigenvalue weighted by Gasteiger charge is 2.10. The van der Waals surface area contributed by atoms with Crippen LogP contribution in [0.3, 0.4) is 0 Å². The first-order valence-electron chi connectivity index (χ1n) is 8.39. The van der Waals surface area contributed by atoms with Crippen LogP contribution in [0.4, 0.5) is 0 Å². The number of carbonyl (C=O) groups is 2. The van der Waals surface area contributed by atoms with Crippen molar-refractivity contribution < 1.29 is 9.59 Å². The molecule has 0 aliphatic heterocycles. The van der Waals surface area contributed by atoms with E-state index in [0.717, 1.165) is 12.8 Å². The van der Waals surface area contributed by atoms with Crippen molar-refractivity contribution in [3.8, 4) is 0 Å². The van der Waals surface area contributed by atoms with Crippen molar-refractivity contribution in [3.05, 3.63) is 70.7 Å². The van der Waals surface area contributed by atoms with E-state index in [4.69, 9.17) is 11.6 Å². The summed E-state index contributed by atoms with van der Waals surface area (Å²) in [7, 11) is 0. The fourth-order valence-corrected chi connectivity index (χ4v) is 2.68. The number of hydrogen-bond acceptors (Lipinski definition) is 2. The lowest BCUT2D eigenvalue weighted by Crippen LogP contribution is -2.38. The summed E-state index contributed by atoms with van der Waals surface area (Å²) in [5.74, 6) is -0.141. The van der Waals surface area contributed by atoms with Crippen LogP contribution in [-0.4, -0.2) is 36.3 Å². The fraction of sp³-hybridized carbons (Fsp3) is 0.300. The highest BCUT2D eigenvalue weighted by atomic mass is 35.5. The van der Waals surface area contributed by atoms with Gasteiger partial charge in [-0.3, -0.25) is 9.59 Å². The maximum Gasteiger partial charge on any atom is 0.251 e. The van der Waals surface area contributed by atoms with E-state index >= 15 is 0 Å². The van der Waals surface area contributed by atoms with Crippen molar-refractivity contribution >= 4 is 23.4 Å². The summed E-state index contributed by atoms with van der Waals surface area (Å²) in [6.07, 6.45) is 1.83. The van der Waals surface area contributed by atoms with Gasteiger partial charge in [0.2, 0.25) is 5.91 Å². The Bertz CT molecular complexity index is 687. The number of amides is 2. The Morgan fingerprint density at radius 3 is 2.32 bits per heavy atom. The van der Waals surface area contributed by atoms with Crippen molar-refractivity contribution in [2.45, 2.75) is 19.8 Å². The second-order valence-corrected chi connectivity index (χ2v) is 6.29. The van der Waals surface area contributed by atoms with E-state index in [2.05, 4.69) is 17.4 Å². The third-order valence-corrected chi connectivity index (χ3v) is 4.21. The van der Waals surface area contributed by atoms with Gasteiger partial charge in [0.05, 0.1) is 0 Å². The Kier molecular flexibility index (Phi) is 7.48. The van der Waals surface area contributed by atoms with E-state index in [9.17, 15) is 9.59 Å². The van der Waals surface area contributed by atoms with Crippen molar-refractivity contribution in [2.75, 3.05) is 19.6 Å². The number of aryl methyl sites for hydroxylation is 1. The van der Waals surface area contributed by atoms with Gasteiger partial charge in [0.25, 0.3) is 5.91 Å². The third kappa shape index (κ3) is 6.59. The van der Waals surface area contributed by atoms with E-state index in [1.54, 1.807) is 36.1 Å². The average Bonchev–Trinajstić information content (AvgIpc) is 2.61. The standard InChI is InChI=1S/C20H23ClN2O2/c1-16(24)23(14-5-8-17-6-3-2-4-7-17)15-13-22-20(25)18-9-11-19(21)12-10-18/h2-4,6-7,9-12H,5,8,13-15H2,1H3,(H,22,25). The average molecular weight is 359 g/mol. The van der Waals surface area contributed by atoms with Crippen LogP contribution < -0.4 is 5.32 Å². The molecule has 0 aliphatic carbocycles. The van der Waals surface area contributed by atoms with Crippen LogP contribution in [0.5, 0.6) is 0 Å². The number of nitrogens with zero attached hydrogens (tertiary/aromatic N) is 1. The molecule has 0 heterocycles. The Hall–Kier alpha value is -2.33. The minimum Gasteiger partial charge on any atom is -0.350 e. The van der Waals surface area contributed by atoms with Gasteiger partial charge < -0.3 is 10.2 Å². The Morgan fingerprint density at radius 2 is 1.68 bits per heavy atom. The lowest BCUT2D eigenvalue weighted by Gasteiger charge is -2.21. The SMILES string of the molecule is CC(=O)N(CCCc1ccccc1)CCNC(=O)c1ccc(Cl)cc1. The number of nitrogens with one attached hydrogen (secondary N) is 1. The molecule has 0 spiro atoms. The zero-order chi connectivity index (χ0) is 18.1. The van der Waals surface area contributed by atoms with E-state index < -0.39 is 0 Å². The van der Waals surface area contributed by atoms with Gasteiger partial charge in [-0.2, -0.15) is 0 Å². The van der Waals surface area contributed by atoms with Crippen LogP contribution in [0, 0.1) is 0 Å². The largest absolute Gasteiger partial charge is 0.350 e. The molecule has 2 rings (SSSR count). The second kappa shape index (κ2) is 9.84. The monoisotopic (exact) mass is 358 g/mol. The first kappa shape index (κ1) is 19.0. The molecule has 2 aromatic rings. The molecule has 25 heavy (non-hydrogen) atoms. The number of carbonyl (C=O) groups excluding carboxylic acids is 2. The highest BCUT2D eigenvalue weighted by molar-refractivity contribution is 6.30. The first-order chi connectivity index (χ1) is 12.1. The lowest BCUT2D eigenvalue weighted by atomic mass is 10.1. The molecule has 0 radical (unpaired) electrons. The Morgan fingerprint density at radius 1 is 1.00 bits per heavy atom. The predicted molar refractivity (Wildman–Crippen MR) is 101 cm³/mol. The Balaban J connectivity index is 1.74. The molecular weight excluding hydrogens is 336 g/mol. The molecule has 0 aromatic heterocycles. The molecule has 2 amide bonds. The van der Waals surface area contributed by atoms with Crippen LogP contribution in [0.1, 0.15) is 29.3 Å². The van der Waals surface area contributed by atoms with Crippen LogP contribution in [0.25, 0.3) is 0 Å². The summed E-state index contributed by atoms with van der Waals surface area (Å²) in [5, 5.41) is 3.43. The van der Waals surface area contributed by atoms with E-state index in [0.29, 0.717) is 30.2 Å². The molecule has 0 saturated heterocycles. The minimum absolute atomic E-state index is 0.0220. The smallest absolute Gasteiger partial charge is 0.251 e. The molecule has 1 N–H and O–H groups in total.